The third kappa shape index (κ3) is 9.99. The predicted molar refractivity (Wildman–Crippen MR) is 160 cm³/mol. The third-order valence-electron chi connectivity index (χ3n) is 8.04. The van der Waals surface area contributed by atoms with E-state index in [-0.39, 0.29) is 44.1 Å². The summed E-state index contributed by atoms with van der Waals surface area (Å²) in [4.78, 5) is 29.2. The van der Waals surface area contributed by atoms with Crippen LogP contribution in [0.15, 0.2) is 60.9 Å². The Morgan fingerprint density at radius 3 is 2.19 bits per heavy atom. The lowest BCUT2D eigenvalue weighted by molar-refractivity contribution is -0.154. The summed E-state index contributed by atoms with van der Waals surface area (Å²) in [5, 5.41) is 4.91. The van der Waals surface area contributed by atoms with Gasteiger partial charge in [-0.15, -0.1) is 0 Å². The fraction of sp³-hybridized carbons (Fsp3) is 0.424. The van der Waals surface area contributed by atoms with Gasteiger partial charge in [-0.25, -0.2) is 18.0 Å². The van der Waals surface area contributed by atoms with Crippen LogP contribution < -0.4 is 16.4 Å². The highest BCUT2D eigenvalue weighted by molar-refractivity contribution is 5.87. The van der Waals surface area contributed by atoms with E-state index in [2.05, 4.69) is 10.3 Å². The number of amides is 1. The van der Waals surface area contributed by atoms with Crippen LogP contribution in [0.25, 0.3) is 0 Å². The van der Waals surface area contributed by atoms with Gasteiger partial charge in [0.2, 0.25) is 0 Å². The molecule has 254 valence electrons. The van der Waals surface area contributed by atoms with Crippen molar-refractivity contribution in [3.8, 4) is 0 Å². The van der Waals surface area contributed by atoms with Gasteiger partial charge < -0.3 is 25.8 Å². The molecule has 0 bridgehead atoms. The maximum atomic E-state index is 15.0. The number of morpholine rings is 1. The first-order valence-electron chi connectivity index (χ1n) is 15.1. The monoisotopic (exact) mass is 666 g/mol. The highest BCUT2D eigenvalue weighted by Crippen LogP contribution is 2.30. The van der Waals surface area contributed by atoms with Crippen molar-refractivity contribution in [1.82, 2.24) is 15.6 Å². The number of carbonyl (C=O) groups is 2. The largest absolute Gasteiger partial charge is 0.448 e. The fourth-order valence-electron chi connectivity index (χ4n) is 5.41. The summed E-state index contributed by atoms with van der Waals surface area (Å²) < 4.78 is 91.6. The lowest BCUT2D eigenvalue weighted by Gasteiger charge is -2.30. The first-order chi connectivity index (χ1) is 22.3. The highest BCUT2D eigenvalue weighted by atomic mass is 19.4. The number of ketones is 1. The lowest BCUT2D eigenvalue weighted by atomic mass is 9.82. The zero-order valence-corrected chi connectivity index (χ0v) is 25.5. The van der Waals surface area contributed by atoms with E-state index in [1.54, 1.807) is 5.32 Å². The van der Waals surface area contributed by atoms with E-state index < -0.39 is 59.5 Å². The van der Waals surface area contributed by atoms with E-state index in [4.69, 9.17) is 15.2 Å². The molecule has 3 aromatic rings. The number of rotatable bonds is 13. The smallest absolute Gasteiger partial charge is 0.408 e. The number of hydrogen-bond donors (Lipinski definition) is 3. The van der Waals surface area contributed by atoms with Crippen LogP contribution in [0.2, 0.25) is 0 Å². The Morgan fingerprint density at radius 2 is 1.66 bits per heavy atom. The van der Waals surface area contributed by atoms with Crippen molar-refractivity contribution >= 4 is 11.9 Å². The number of ether oxygens (including phenoxy) is 2. The molecule has 4 atom stereocenters. The topological polar surface area (TPSA) is 116 Å². The summed E-state index contributed by atoms with van der Waals surface area (Å²) in [6.07, 6.45) is -3.72. The Bertz CT molecular complexity index is 1440. The molecule has 1 aromatic heterocycles. The van der Waals surface area contributed by atoms with E-state index in [1.807, 2.05) is 0 Å². The molecule has 2 aromatic carbocycles. The first kappa shape index (κ1) is 35.8. The van der Waals surface area contributed by atoms with E-state index in [0.29, 0.717) is 29.7 Å². The second-order valence-corrected chi connectivity index (χ2v) is 11.4. The highest BCUT2D eigenvalue weighted by Gasteiger charge is 2.39. The third-order valence-corrected chi connectivity index (χ3v) is 8.04. The molecule has 0 unspecified atom stereocenters. The number of Topliss-reactive ketones (excluding diaryl/α,β-unsaturated/α-hetero) is 1. The molecule has 1 aliphatic rings. The van der Waals surface area contributed by atoms with Crippen molar-refractivity contribution in [2.24, 2.45) is 5.73 Å². The normalized spacial score (nSPS) is 18.1. The molecule has 1 aliphatic heterocycles. The molecule has 0 spiro atoms. The Hall–Kier alpha value is -4.01. The molecule has 14 heteroatoms. The van der Waals surface area contributed by atoms with Crippen LogP contribution in [0.3, 0.4) is 0 Å². The van der Waals surface area contributed by atoms with Gasteiger partial charge in [0, 0.05) is 25.1 Å². The lowest BCUT2D eigenvalue weighted by Crippen LogP contribution is -2.50. The molecule has 1 amide bonds. The Labute approximate surface area is 268 Å². The minimum absolute atomic E-state index is 0.0988. The summed E-state index contributed by atoms with van der Waals surface area (Å²) in [5.74, 6) is -2.71. The standard InChI is InChI=1S/C33H36F6N4O4/c1-2-29(33(37,38)39)43-32(45)47-18-24-17-46-25(15-42-24)11-12-26-21(14-41-16-27(26)36)13-28(44)31(40)30(19-3-7-22(34)8-4-19)20-5-9-23(35)10-6-20/h3-10,14,16,24-25,29-31,42H,2,11-13,15,17-18,40H2,1H3,(H,43,45)/t24-,25+,29+,31+/m0/s1. The maximum Gasteiger partial charge on any atom is 0.408 e. The van der Waals surface area contributed by atoms with Crippen molar-refractivity contribution in [3.05, 3.63) is 101 Å². The van der Waals surface area contributed by atoms with Crippen molar-refractivity contribution in [3.63, 3.8) is 0 Å². The molecule has 4 rings (SSSR count). The summed E-state index contributed by atoms with van der Waals surface area (Å²) in [5.41, 5.74) is 8.18. The molecule has 0 aliphatic carbocycles. The minimum Gasteiger partial charge on any atom is -0.448 e. The number of carbonyl (C=O) groups excluding carboxylic acids is 2. The van der Waals surface area contributed by atoms with Crippen LogP contribution in [-0.2, 0) is 27.1 Å². The molecule has 0 radical (unpaired) electrons. The number of pyridine rings is 1. The number of nitrogens with two attached hydrogens (primary N) is 1. The molecule has 47 heavy (non-hydrogen) atoms. The van der Waals surface area contributed by atoms with Gasteiger partial charge in [-0.05, 0) is 65.8 Å². The molecule has 0 saturated carbocycles. The van der Waals surface area contributed by atoms with Crippen LogP contribution in [0.1, 0.15) is 47.9 Å². The minimum atomic E-state index is -4.59. The zero-order valence-electron chi connectivity index (χ0n) is 25.5. The fourth-order valence-corrected chi connectivity index (χ4v) is 5.41. The summed E-state index contributed by atoms with van der Waals surface area (Å²) >= 11 is 0. The van der Waals surface area contributed by atoms with Gasteiger partial charge in [0.25, 0.3) is 0 Å². The Kier molecular flexibility index (Phi) is 12.4. The second kappa shape index (κ2) is 16.2. The molecular formula is C33H36F6N4O4. The number of nitrogens with one attached hydrogen (secondary N) is 2. The molecule has 1 saturated heterocycles. The van der Waals surface area contributed by atoms with Crippen LogP contribution in [0, 0.1) is 17.5 Å². The quantitative estimate of drug-likeness (QED) is 0.217. The van der Waals surface area contributed by atoms with Gasteiger partial charge >= 0.3 is 12.3 Å². The molecular weight excluding hydrogens is 630 g/mol. The summed E-state index contributed by atoms with van der Waals surface area (Å²) in [6.45, 7) is 1.49. The van der Waals surface area contributed by atoms with Gasteiger partial charge in [0.05, 0.1) is 31.0 Å². The average molecular weight is 667 g/mol. The van der Waals surface area contributed by atoms with E-state index in [9.17, 15) is 35.9 Å². The SMILES string of the molecule is CC[C@@H](NC(=O)OC[C@@H]1CO[C@H](CCc2c(F)cncc2CC(=O)[C@@H](N)C(c2ccc(F)cc2)c2ccc(F)cc2)CN1)C(F)(F)F. The van der Waals surface area contributed by atoms with Crippen LogP contribution >= 0.6 is 0 Å². The van der Waals surface area contributed by atoms with E-state index in [1.165, 1.54) is 61.7 Å². The van der Waals surface area contributed by atoms with Crippen LogP contribution in [0.4, 0.5) is 31.1 Å². The number of halogens is 6. The molecule has 1 fully saturated rings. The van der Waals surface area contributed by atoms with Gasteiger partial charge in [-0.2, -0.15) is 13.2 Å². The Balaban J connectivity index is 1.34. The van der Waals surface area contributed by atoms with Crippen molar-refractivity contribution in [2.75, 3.05) is 19.8 Å². The zero-order chi connectivity index (χ0) is 34.1. The summed E-state index contributed by atoms with van der Waals surface area (Å²) in [6, 6.07) is 7.40. The summed E-state index contributed by atoms with van der Waals surface area (Å²) in [7, 11) is 0. The predicted octanol–water partition coefficient (Wildman–Crippen LogP) is 5.13. The maximum absolute atomic E-state index is 15.0. The van der Waals surface area contributed by atoms with Crippen LogP contribution in [0.5, 0.6) is 0 Å². The van der Waals surface area contributed by atoms with Gasteiger partial charge in [-0.3, -0.25) is 9.78 Å². The first-order valence-corrected chi connectivity index (χ1v) is 15.1. The number of hydrogen-bond acceptors (Lipinski definition) is 7. The van der Waals surface area contributed by atoms with E-state index in [0.717, 1.165) is 6.20 Å². The average Bonchev–Trinajstić information content (AvgIpc) is 3.04. The van der Waals surface area contributed by atoms with Crippen molar-refractivity contribution in [2.45, 2.75) is 68.9 Å². The van der Waals surface area contributed by atoms with Gasteiger partial charge in [0.1, 0.15) is 30.1 Å². The van der Waals surface area contributed by atoms with Gasteiger partial charge in [-0.1, -0.05) is 31.2 Å². The van der Waals surface area contributed by atoms with Gasteiger partial charge in [0.15, 0.2) is 5.78 Å². The van der Waals surface area contributed by atoms with E-state index >= 15 is 0 Å². The molecule has 2 heterocycles. The number of aromatic nitrogens is 1. The number of alkyl carbamates (subject to hydrolysis) is 1. The number of alkyl halides is 3. The second-order valence-electron chi connectivity index (χ2n) is 11.4. The van der Waals surface area contributed by atoms with Crippen molar-refractivity contribution < 1.29 is 45.4 Å². The molecule has 4 N–H and O–H groups in total. The van der Waals surface area contributed by atoms with Crippen LogP contribution in [-0.4, -0.2) is 67.0 Å². The van der Waals surface area contributed by atoms with Crippen molar-refractivity contribution in [1.29, 1.82) is 0 Å². The molecule has 8 nitrogen and oxygen atoms in total. The Morgan fingerprint density at radius 1 is 1.04 bits per heavy atom. The number of nitrogens with zero attached hydrogens (tertiary/aromatic N) is 1. The number of benzene rings is 2.